The largest absolute Gasteiger partial charge is 0.355 e. The van der Waals surface area contributed by atoms with Crippen molar-refractivity contribution >= 4 is 17.5 Å². The summed E-state index contributed by atoms with van der Waals surface area (Å²) in [6.45, 7) is 4.30. The van der Waals surface area contributed by atoms with Crippen LogP contribution in [0.4, 0.5) is 0 Å². The van der Waals surface area contributed by atoms with Gasteiger partial charge in [0.1, 0.15) is 0 Å². The van der Waals surface area contributed by atoms with Crippen LogP contribution in [0.1, 0.15) is 19.2 Å². The third-order valence-electron chi connectivity index (χ3n) is 3.01. The van der Waals surface area contributed by atoms with Crippen LogP contribution in [-0.2, 0) is 11.2 Å². The lowest BCUT2D eigenvalue weighted by Crippen LogP contribution is -2.31. The van der Waals surface area contributed by atoms with E-state index in [2.05, 4.69) is 20.8 Å². The number of nitrogens with one attached hydrogen (secondary N) is 2. The van der Waals surface area contributed by atoms with E-state index in [1.54, 1.807) is 12.1 Å². The number of rotatable bonds is 8. The number of hydrogen-bond acceptors (Lipinski definition) is 5. The normalized spacial score (nSPS) is 10.6. The van der Waals surface area contributed by atoms with Crippen molar-refractivity contribution in [1.29, 1.82) is 0 Å². The zero-order valence-corrected chi connectivity index (χ0v) is 13.2. The number of amides is 1. The van der Waals surface area contributed by atoms with Gasteiger partial charge in [0, 0.05) is 36.5 Å². The van der Waals surface area contributed by atoms with Crippen LogP contribution in [0.15, 0.2) is 28.8 Å². The third-order valence-corrected chi connectivity index (χ3v) is 3.26. The van der Waals surface area contributed by atoms with Crippen LogP contribution in [-0.4, -0.2) is 35.7 Å². The van der Waals surface area contributed by atoms with Gasteiger partial charge >= 0.3 is 0 Å². The van der Waals surface area contributed by atoms with Gasteiger partial charge in [0.15, 0.2) is 0 Å². The molecule has 0 unspecified atom stereocenters. The highest BCUT2D eigenvalue weighted by Crippen LogP contribution is 2.18. The Bertz CT molecular complexity index is 598. The quantitative estimate of drug-likeness (QED) is 0.727. The molecule has 7 heteroatoms. The molecule has 0 aliphatic heterocycles. The van der Waals surface area contributed by atoms with E-state index in [4.69, 9.17) is 16.1 Å². The van der Waals surface area contributed by atoms with Crippen molar-refractivity contribution in [1.82, 2.24) is 20.8 Å². The lowest BCUT2D eigenvalue weighted by molar-refractivity contribution is -0.121. The average molecular weight is 323 g/mol. The maximum absolute atomic E-state index is 11.7. The number of likely N-dealkylation sites (N-methyl/N-ethyl adjacent to an activating group) is 1. The van der Waals surface area contributed by atoms with Gasteiger partial charge in [-0.25, -0.2) is 0 Å². The molecule has 0 spiro atoms. The molecule has 2 N–H and O–H groups in total. The van der Waals surface area contributed by atoms with E-state index in [9.17, 15) is 4.79 Å². The number of aromatic nitrogens is 2. The first-order valence-corrected chi connectivity index (χ1v) is 7.62. The summed E-state index contributed by atoms with van der Waals surface area (Å²) in [5, 5.41) is 10.5. The SMILES string of the molecule is CCNCCNC(=O)CCc1nc(-c2ccc(Cl)cc2)no1. The second-order valence-corrected chi connectivity index (χ2v) is 5.16. The highest BCUT2D eigenvalue weighted by atomic mass is 35.5. The predicted molar refractivity (Wildman–Crippen MR) is 84.6 cm³/mol. The van der Waals surface area contributed by atoms with Crippen LogP contribution in [0.25, 0.3) is 11.4 Å². The van der Waals surface area contributed by atoms with Crippen LogP contribution in [0.2, 0.25) is 5.02 Å². The van der Waals surface area contributed by atoms with E-state index < -0.39 is 0 Å². The van der Waals surface area contributed by atoms with Gasteiger partial charge in [0.25, 0.3) is 0 Å². The first-order valence-electron chi connectivity index (χ1n) is 7.25. The number of aryl methyl sites for hydroxylation is 1. The number of nitrogens with zero attached hydrogens (tertiary/aromatic N) is 2. The first kappa shape index (κ1) is 16.5. The molecule has 0 saturated carbocycles. The van der Waals surface area contributed by atoms with Gasteiger partial charge in [-0.15, -0.1) is 0 Å². The van der Waals surface area contributed by atoms with Crippen molar-refractivity contribution in [2.24, 2.45) is 0 Å². The Hall–Kier alpha value is -1.92. The zero-order chi connectivity index (χ0) is 15.8. The minimum atomic E-state index is -0.0239. The van der Waals surface area contributed by atoms with Crippen molar-refractivity contribution in [3.63, 3.8) is 0 Å². The summed E-state index contributed by atoms with van der Waals surface area (Å²) < 4.78 is 5.16. The minimum Gasteiger partial charge on any atom is -0.355 e. The number of hydrogen-bond donors (Lipinski definition) is 2. The lowest BCUT2D eigenvalue weighted by Gasteiger charge is -2.03. The van der Waals surface area contributed by atoms with Crippen molar-refractivity contribution in [3.05, 3.63) is 35.2 Å². The van der Waals surface area contributed by atoms with Crippen LogP contribution < -0.4 is 10.6 Å². The summed E-state index contributed by atoms with van der Waals surface area (Å²) in [7, 11) is 0. The molecule has 118 valence electrons. The third kappa shape index (κ3) is 5.13. The van der Waals surface area contributed by atoms with E-state index in [0.29, 0.717) is 36.1 Å². The Balaban J connectivity index is 1.79. The monoisotopic (exact) mass is 322 g/mol. The molecule has 1 aromatic carbocycles. The molecule has 0 atom stereocenters. The van der Waals surface area contributed by atoms with E-state index >= 15 is 0 Å². The maximum atomic E-state index is 11.7. The Kier molecular flexibility index (Phi) is 6.36. The summed E-state index contributed by atoms with van der Waals surface area (Å²) in [5.41, 5.74) is 0.828. The molecule has 22 heavy (non-hydrogen) atoms. The summed E-state index contributed by atoms with van der Waals surface area (Å²) in [6, 6.07) is 7.18. The Morgan fingerprint density at radius 3 is 2.77 bits per heavy atom. The Morgan fingerprint density at radius 2 is 2.05 bits per heavy atom. The second-order valence-electron chi connectivity index (χ2n) is 4.72. The van der Waals surface area contributed by atoms with Gasteiger partial charge in [0.05, 0.1) is 0 Å². The van der Waals surface area contributed by atoms with E-state index in [-0.39, 0.29) is 5.91 Å². The van der Waals surface area contributed by atoms with Gasteiger partial charge in [-0.05, 0) is 30.8 Å². The summed E-state index contributed by atoms with van der Waals surface area (Å²) >= 11 is 5.84. The van der Waals surface area contributed by atoms with Crippen molar-refractivity contribution in [2.75, 3.05) is 19.6 Å². The predicted octanol–water partition coefficient (Wildman–Crippen LogP) is 2.05. The standard InChI is InChI=1S/C15H19ClN4O2/c1-2-17-9-10-18-13(21)7-8-14-19-15(20-22-14)11-3-5-12(16)6-4-11/h3-6,17H,2,7-10H2,1H3,(H,18,21). The molecule has 2 aromatic rings. The van der Waals surface area contributed by atoms with Crippen LogP contribution in [0, 0.1) is 0 Å². The van der Waals surface area contributed by atoms with Crippen LogP contribution in [0.5, 0.6) is 0 Å². The molecule has 0 aliphatic rings. The molecular weight excluding hydrogens is 304 g/mol. The second kappa shape index (κ2) is 8.51. The lowest BCUT2D eigenvalue weighted by atomic mass is 10.2. The minimum absolute atomic E-state index is 0.0239. The van der Waals surface area contributed by atoms with Gasteiger partial charge in [0.2, 0.25) is 17.6 Å². The number of carbonyl (C=O) groups excluding carboxylic acids is 1. The molecule has 0 bridgehead atoms. The van der Waals surface area contributed by atoms with Gasteiger partial charge in [-0.1, -0.05) is 23.7 Å². The van der Waals surface area contributed by atoms with Crippen molar-refractivity contribution in [2.45, 2.75) is 19.8 Å². The maximum Gasteiger partial charge on any atom is 0.227 e. The Morgan fingerprint density at radius 1 is 1.27 bits per heavy atom. The van der Waals surface area contributed by atoms with E-state index in [1.165, 1.54) is 0 Å². The summed E-state index contributed by atoms with van der Waals surface area (Å²) in [4.78, 5) is 15.9. The number of halogens is 1. The molecule has 0 radical (unpaired) electrons. The average Bonchev–Trinajstić information content (AvgIpc) is 2.99. The molecule has 1 heterocycles. The summed E-state index contributed by atoms with van der Waals surface area (Å²) in [6.07, 6.45) is 0.752. The zero-order valence-electron chi connectivity index (χ0n) is 12.4. The number of benzene rings is 1. The molecule has 0 saturated heterocycles. The van der Waals surface area contributed by atoms with E-state index in [0.717, 1.165) is 18.7 Å². The van der Waals surface area contributed by atoms with Gasteiger partial charge in [-0.2, -0.15) is 4.98 Å². The smallest absolute Gasteiger partial charge is 0.227 e. The first-order chi connectivity index (χ1) is 10.7. The van der Waals surface area contributed by atoms with Crippen LogP contribution >= 0.6 is 11.6 Å². The molecule has 6 nitrogen and oxygen atoms in total. The number of carbonyl (C=O) groups is 1. The highest BCUT2D eigenvalue weighted by Gasteiger charge is 2.10. The molecule has 0 aliphatic carbocycles. The molecule has 1 aromatic heterocycles. The fraction of sp³-hybridized carbons (Fsp3) is 0.400. The van der Waals surface area contributed by atoms with Crippen molar-refractivity contribution in [3.8, 4) is 11.4 Å². The molecular formula is C15H19ClN4O2. The molecule has 2 rings (SSSR count). The fourth-order valence-corrected chi connectivity index (χ4v) is 1.97. The molecule has 0 fully saturated rings. The van der Waals surface area contributed by atoms with Gasteiger partial charge < -0.3 is 15.2 Å². The van der Waals surface area contributed by atoms with E-state index in [1.807, 2.05) is 19.1 Å². The Labute approximate surface area is 134 Å². The van der Waals surface area contributed by atoms with Gasteiger partial charge in [-0.3, -0.25) is 4.79 Å². The highest BCUT2D eigenvalue weighted by molar-refractivity contribution is 6.30. The topological polar surface area (TPSA) is 80.0 Å². The fourth-order valence-electron chi connectivity index (χ4n) is 1.85. The van der Waals surface area contributed by atoms with Crippen LogP contribution in [0.3, 0.4) is 0 Å². The summed E-state index contributed by atoms with van der Waals surface area (Å²) in [5.74, 6) is 0.926. The van der Waals surface area contributed by atoms with Crippen molar-refractivity contribution < 1.29 is 9.32 Å². The molecule has 1 amide bonds.